The number of benzene rings is 1. The first-order valence-corrected chi connectivity index (χ1v) is 8.47. The number of aromatic amines is 1. The van der Waals surface area contributed by atoms with E-state index in [2.05, 4.69) is 9.97 Å². The number of thiophene rings is 1. The smallest absolute Gasteiger partial charge is 0.177 e. The largest absolute Gasteiger partial charge is 0.337 e. The molecule has 0 spiro atoms. The first kappa shape index (κ1) is 12.4. The van der Waals surface area contributed by atoms with Crippen molar-refractivity contribution in [2.45, 2.75) is 11.8 Å². The zero-order chi connectivity index (χ0) is 13.6. The van der Waals surface area contributed by atoms with Gasteiger partial charge in [-0.25, -0.2) is 13.4 Å². The summed E-state index contributed by atoms with van der Waals surface area (Å²) in [6, 6.07) is 7.17. The van der Waals surface area contributed by atoms with Crippen LogP contribution in [0.15, 0.2) is 34.5 Å². The second kappa shape index (κ2) is 4.18. The Bertz CT molecular complexity index is 860. The molecule has 6 heteroatoms. The molecule has 0 saturated heterocycles. The van der Waals surface area contributed by atoms with Crippen LogP contribution in [0.3, 0.4) is 0 Å². The fraction of sp³-hybridized carbons (Fsp3) is 0.154. The van der Waals surface area contributed by atoms with Gasteiger partial charge in [-0.1, -0.05) is 6.07 Å². The lowest BCUT2D eigenvalue weighted by atomic mass is 10.3. The molecule has 2 heterocycles. The van der Waals surface area contributed by atoms with Gasteiger partial charge in [0, 0.05) is 6.26 Å². The summed E-state index contributed by atoms with van der Waals surface area (Å²) in [5, 5.41) is 2.00. The third kappa shape index (κ3) is 2.06. The Morgan fingerprint density at radius 3 is 2.68 bits per heavy atom. The van der Waals surface area contributed by atoms with Crippen molar-refractivity contribution < 1.29 is 8.42 Å². The topological polar surface area (TPSA) is 62.8 Å². The SMILES string of the molecule is Cc1ccsc1-c1nc2c(S(C)(=O)=O)cccc2[nH]1. The van der Waals surface area contributed by atoms with Crippen LogP contribution in [0.5, 0.6) is 0 Å². The Labute approximate surface area is 115 Å². The Morgan fingerprint density at radius 2 is 2.05 bits per heavy atom. The molecule has 0 aliphatic rings. The second-order valence-electron chi connectivity index (χ2n) is 4.44. The monoisotopic (exact) mass is 292 g/mol. The molecule has 19 heavy (non-hydrogen) atoms. The molecule has 0 unspecified atom stereocenters. The quantitative estimate of drug-likeness (QED) is 0.789. The summed E-state index contributed by atoms with van der Waals surface area (Å²) < 4.78 is 23.5. The van der Waals surface area contributed by atoms with Crippen LogP contribution in [0, 0.1) is 6.92 Å². The van der Waals surface area contributed by atoms with Crippen molar-refractivity contribution in [3.63, 3.8) is 0 Å². The zero-order valence-corrected chi connectivity index (χ0v) is 12.1. The first-order chi connectivity index (χ1) is 8.97. The van der Waals surface area contributed by atoms with Gasteiger partial charge in [-0.2, -0.15) is 0 Å². The summed E-state index contributed by atoms with van der Waals surface area (Å²) in [7, 11) is -3.27. The molecule has 98 valence electrons. The van der Waals surface area contributed by atoms with E-state index in [1.165, 1.54) is 6.26 Å². The number of aryl methyl sites for hydroxylation is 1. The summed E-state index contributed by atoms with van der Waals surface area (Å²) in [5.41, 5.74) is 2.38. The number of nitrogens with one attached hydrogen (secondary N) is 1. The summed E-state index contributed by atoms with van der Waals surface area (Å²) in [5.74, 6) is 0.721. The summed E-state index contributed by atoms with van der Waals surface area (Å²) in [6.45, 7) is 2.01. The van der Waals surface area contributed by atoms with Gasteiger partial charge in [0.15, 0.2) is 9.84 Å². The highest BCUT2D eigenvalue weighted by atomic mass is 32.2. The Balaban J connectivity index is 2.31. The number of hydrogen-bond donors (Lipinski definition) is 1. The maximum Gasteiger partial charge on any atom is 0.177 e. The van der Waals surface area contributed by atoms with Crippen LogP contribution >= 0.6 is 11.3 Å². The Hall–Kier alpha value is -1.66. The predicted octanol–water partition coefficient (Wildman–Crippen LogP) is 3.00. The highest BCUT2D eigenvalue weighted by molar-refractivity contribution is 7.91. The molecule has 0 amide bonds. The third-order valence-corrected chi connectivity index (χ3v) is 5.10. The van der Waals surface area contributed by atoms with Crippen LogP contribution in [-0.4, -0.2) is 24.6 Å². The number of aromatic nitrogens is 2. The highest BCUT2D eigenvalue weighted by Crippen LogP contribution is 2.30. The lowest BCUT2D eigenvalue weighted by Gasteiger charge is -1.97. The minimum atomic E-state index is -3.27. The average molecular weight is 292 g/mol. The summed E-state index contributed by atoms with van der Waals surface area (Å²) in [4.78, 5) is 8.95. The van der Waals surface area contributed by atoms with Crippen LogP contribution in [0.25, 0.3) is 21.7 Å². The molecular formula is C13H12N2O2S2. The molecule has 0 bridgehead atoms. The molecule has 2 aromatic heterocycles. The minimum absolute atomic E-state index is 0.265. The minimum Gasteiger partial charge on any atom is -0.337 e. The van der Waals surface area contributed by atoms with Gasteiger partial charge >= 0.3 is 0 Å². The van der Waals surface area contributed by atoms with Crippen molar-refractivity contribution in [3.05, 3.63) is 35.2 Å². The number of imidazole rings is 1. The van der Waals surface area contributed by atoms with Gasteiger partial charge < -0.3 is 4.98 Å². The molecule has 0 aliphatic carbocycles. The van der Waals surface area contributed by atoms with E-state index >= 15 is 0 Å². The number of para-hydroxylation sites is 1. The van der Waals surface area contributed by atoms with Gasteiger partial charge in [-0.05, 0) is 36.1 Å². The van der Waals surface area contributed by atoms with Crippen LogP contribution in [0.4, 0.5) is 0 Å². The van der Waals surface area contributed by atoms with Crippen LogP contribution < -0.4 is 0 Å². The molecule has 1 aromatic carbocycles. The van der Waals surface area contributed by atoms with E-state index in [0.717, 1.165) is 21.8 Å². The van der Waals surface area contributed by atoms with Gasteiger partial charge in [0.2, 0.25) is 0 Å². The van der Waals surface area contributed by atoms with Crippen molar-refractivity contribution >= 4 is 32.2 Å². The predicted molar refractivity (Wildman–Crippen MR) is 77.3 cm³/mol. The number of fused-ring (bicyclic) bond motifs is 1. The van der Waals surface area contributed by atoms with E-state index in [0.29, 0.717) is 5.52 Å². The molecule has 1 N–H and O–H groups in total. The molecule has 4 nitrogen and oxygen atoms in total. The van der Waals surface area contributed by atoms with Gasteiger partial charge in [0.05, 0.1) is 15.3 Å². The van der Waals surface area contributed by atoms with Gasteiger partial charge in [-0.15, -0.1) is 11.3 Å². The second-order valence-corrected chi connectivity index (χ2v) is 7.34. The number of H-pyrrole nitrogens is 1. The lowest BCUT2D eigenvalue weighted by molar-refractivity contribution is 0.602. The summed E-state index contributed by atoms with van der Waals surface area (Å²) >= 11 is 1.59. The van der Waals surface area contributed by atoms with Crippen LogP contribution in [-0.2, 0) is 9.84 Å². The number of rotatable bonds is 2. The zero-order valence-electron chi connectivity index (χ0n) is 10.5. The van der Waals surface area contributed by atoms with E-state index in [-0.39, 0.29) is 4.90 Å². The average Bonchev–Trinajstić information content (AvgIpc) is 2.91. The van der Waals surface area contributed by atoms with Crippen molar-refractivity contribution in [1.82, 2.24) is 9.97 Å². The number of sulfone groups is 1. The van der Waals surface area contributed by atoms with Crippen LogP contribution in [0.1, 0.15) is 5.56 Å². The molecule has 0 aliphatic heterocycles. The Kier molecular flexibility index (Phi) is 2.72. The van der Waals surface area contributed by atoms with Crippen molar-refractivity contribution in [1.29, 1.82) is 0 Å². The number of hydrogen-bond acceptors (Lipinski definition) is 4. The van der Waals surface area contributed by atoms with Gasteiger partial charge in [0.25, 0.3) is 0 Å². The van der Waals surface area contributed by atoms with Crippen molar-refractivity contribution in [2.75, 3.05) is 6.26 Å². The van der Waals surface area contributed by atoms with Crippen molar-refractivity contribution in [3.8, 4) is 10.7 Å². The Morgan fingerprint density at radius 1 is 1.26 bits per heavy atom. The van der Waals surface area contributed by atoms with E-state index in [9.17, 15) is 8.42 Å². The molecule has 0 atom stereocenters. The fourth-order valence-corrected chi connectivity index (χ4v) is 3.73. The molecule has 0 fully saturated rings. The van der Waals surface area contributed by atoms with Crippen molar-refractivity contribution in [2.24, 2.45) is 0 Å². The third-order valence-electron chi connectivity index (χ3n) is 2.95. The van der Waals surface area contributed by atoms with Crippen LogP contribution in [0.2, 0.25) is 0 Å². The molecule has 3 aromatic rings. The van der Waals surface area contributed by atoms with Gasteiger partial charge in [-0.3, -0.25) is 0 Å². The lowest BCUT2D eigenvalue weighted by Crippen LogP contribution is -1.97. The van der Waals surface area contributed by atoms with Gasteiger partial charge in [0.1, 0.15) is 11.3 Å². The maximum absolute atomic E-state index is 11.8. The van der Waals surface area contributed by atoms with E-state index < -0.39 is 9.84 Å². The molecular weight excluding hydrogens is 280 g/mol. The molecule has 0 saturated carbocycles. The maximum atomic E-state index is 11.8. The molecule has 3 rings (SSSR count). The fourth-order valence-electron chi connectivity index (χ4n) is 2.03. The first-order valence-electron chi connectivity index (χ1n) is 5.70. The highest BCUT2D eigenvalue weighted by Gasteiger charge is 2.16. The summed E-state index contributed by atoms with van der Waals surface area (Å²) in [6.07, 6.45) is 1.20. The molecule has 0 radical (unpaired) electrons. The standard InChI is InChI=1S/C13H12N2O2S2/c1-8-6-7-18-12(8)13-14-9-4-3-5-10(11(9)15-13)19(2,16)17/h3-7H,1-2H3,(H,14,15). The normalized spacial score (nSPS) is 12.1. The van der Waals surface area contributed by atoms with E-state index in [1.807, 2.05) is 24.4 Å². The van der Waals surface area contributed by atoms with E-state index in [1.54, 1.807) is 23.5 Å². The van der Waals surface area contributed by atoms with E-state index in [4.69, 9.17) is 0 Å². The number of nitrogens with zero attached hydrogens (tertiary/aromatic N) is 1.